The topological polar surface area (TPSA) is 118 Å². The predicted octanol–water partition coefficient (Wildman–Crippen LogP) is -2.04. The molecule has 0 aromatic rings. The van der Waals surface area contributed by atoms with E-state index < -0.39 is 14.4 Å². The first-order chi connectivity index (χ1) is 4.54. The van der Waals surface area contributed by atoms with Crippen LogP contribution in [-0.2, 0) is 4.57 Å². The molecule has 0 aromatic carbocycles. The van der Waals surface area contributed by atoms with E-state index in [1.54, 1.807) is 0 Å². The minimum absolute atomic E-state index is 0.365. The van der Waals surface area contributed by atoms with Crippen molar-refractivity contribution in [3.05, 3.63) is 0 Å². The molecular formula is C3H10O6P+. The zero-order valence-electron chi connectivity index (χ0n) is 5.08. The van der Waals surface area contributed by atoms with Crippen molar-refractivity contribution in [2.45, 2.75) is 6.10 Å². The summed E-state index contributed by atoms with van der Waals surface area (Å²) < 4.78 is 8.70. The molecule has 62 valence electrons. The van der Waals surface area contributed by atoms with Crippen molar-refractivity contribution in [2.75, 3.05) is 13.2 Å². The maximum Gasteiger partial charge on any atom is 0.692 e. The third-order valence-corrected chi connectivity index (χ3v) is 0.421. The molecule has 6 nitrogen and oxygen atoms in total. The Bertz CT molecular complexity index is 77.1. The number of aliphatic hydroxyl groups excluding tert-OH is 3. The highest BCUT2D eigenvalue weighted by atomic mass is 31.1. The highest BCUT2D eigenvalue weighted by Crippen LogP contribution is 1.98. The normalized spacial score (nSPS) is 8.60. The molecule has 0 heterocycles. The van der Waals surface area contributed by atoms with Crippen LogP contribution in [0.5, 0.6) is 0 Å². The standard InChI is InChI=1S/C3H8O3.HO3P/c4-1-3(6)2-5;1-4(2)3/h3-6H,1-2H2;(H-,1,2,3)/p+1. The molecule has 7 heteroatoms. The quantitative estimate of drug-likeness (QED) is 0.307. The van der Waals surface area contributed by atoms with Gasteiger partial charge in [-0.2, -0.15) is 0 Å². The van der Waals surface area contributed by atoms with E-state index in [0.29, 0.717) is 0 Å². The van der Waals surface area contributed by atoms with Crippen molar-refractivity contribution in [1.82, 2.24) is 0 Å². The molecular weight excluding hydrogens is 163 g/mol. The summed E-state index contributed by atoms with van der Waals surface area (Å²) in [6, 6.07) is 0. The SMILES string of the molecule is O=[P+](O)O.OCC(O)CO. The van der Waals surface area contributed by atoms with E-state index in [0.717, 1.165) is 0 Å². The highest BCUT2D eigenvalue weighted by molar-refractivity contribution is 7.30. The molecule has 0 spiro atoms. The number of hydrogen-bond donors (Lipinski definition) is 5. The summed E-state index contributed by atoms with van der Waals surface area (Å²) in [5, 5.41) is 24.0. The minimum Gasteiger partial charge on any atom is -0.394 e. The fourth-order valence-corrected chi connectivity index (χ4v) is 0.0577. The molecule has 0 aliphatic carbocycles. The fraction of sp³-hybridized carbons (Fsp3) is 1.00. The molecule has 0 bridgehead atoms. The zero-order chi connectivity index (χ0) is 8.57. The van der Waals surface area contributed by atoms with Crippen LogP contribution in [0.15, 0.2) is 0 Å². The molecule has 5 N–H and O–H groups in total. The molecule has 10 heavy (non-hydrogen) atoms. The maximum absolute atomic E-state index is 8.70. The molecule has 0 unspecified atom stereocenters. The van der Waals surface area contributed by atoms with E-state index in [-0.39, 0.29) is 13.2 Å². The van der Waals surface area contributed by atoms with Gasteiger partial charge in [0.2, 0.25) is 0 Å². The van der Waals surface area contributed by atoms with Crippen molar-refractivity contribution >= 4 is 8.25 Å². The monoisotopic (exact) mass is 173 g/mol. The van der Waals surface area contributed by atoms with Crippen LogP contribution in [0, 0.1) is 0 Å². The summed E-state index contributed by atoms with van der Waals surface area (Å²) in [6.45, 7) is -0.729. The average molecular weight is 173 g/mol. The lowest BCUT2D eigenvalue weighted by Gasteiger charge is -1.96. The van der Waals surface area contributed by atoms with E-state index in [1.165, 1.54) is 0 Å². The molecule has 0 atom stereocenters. The van der Waals surface area contributed by atoms with Crippen LogP contribution in [0.1, 0.15) is 0 Å². The third kappa shape index (κ3) is 24.7. The van der Waals surface area contributed by atoms with Gasteiger partial charge in [-0.3, -0.25) is 0 Å². The van der Waals surface area contributed by atoms with E-state index in [1.807, 2.05) is 0 Å². The van der Waals surface area contributed by atoms with Gasteiger partial charge in [-0.05, 0) is 0 Å². The van der Waals surface area contributed by atoms with E-state index in [9.17, 15) is 0 Å². The largest absolute Gasteiger partial charge is 0.692 e. The Morgan fingerprint density at radius 2 is 1.40 bits per heavy atom. The van der Waals surface area contributed by atoms with E-state index >= 15 is 0 Å². The summed E-state index contributed by atoms with van der Waals surface area (Å²) in [5.41, 5.74) is 0. The second-order valence-electron chi connectivity index (χ2n) is 1.27. The summed E-state index contributed by atoms with van der Waals surface area (Å²) in [5.74, 6) is 0. The lowest BCUT2D eigenvalue weighted by molar-refractivity contribution is 0.0450. The van der Waals surface area contributed by atoms with Gasteiger partial charge in [-0.25, -0.2) is 0 Å². The van der Waals surface area contributed by atoms with Crippen molar-refractivity contribution < 1.29 is 29.7 Å². The van der Waals surface area contributed by atoms with Gasteiger partial charge in [0, 0.05) is 4.57 Å². The molecule has 0 saturated carbocycles. The van der Waals surface area contributed by atoms with Crippen LogP contribution in [0.25, 0.3) is 0 Å². The molecule has 0 radical (unpaired) electrons. The van der Waals surface area contributed by atoms with Crippen LogP contribution in [0.3, 0.4) is 0 Å². The number of rotatable bonds is 2. The lowest BCUT2D eigenvalue weighted by Crippen LogP contribution is -2.15. The van der Waals surface area contributed by atoms with Crippen LogP contribution in [-0.4, -0.2) is 44.4 Å². The van der Waals surface area contributed by atoms with Gasteiger partial charge < -0.3 is 15.3 Å². The average Bonchev–Trinajstić information content (AvgIpc) is 1.85. The summed E-state index contributed by atoms with van der Waals surface area (Å²) in [4.78, 5) is 14.2. The molecule has 0 aliphatic heterocycles. The van der Waals surface area contributed by atoms with Crippen molar-refractivity contribution in [3.63, 3.8) is 0 Å². The van der Waals surface area contributed by atoms with Crippen molar-refractivity contribution in [3.8, 4) is 0 Å². The van der Waals surface area contributed by atoms with Gasteiger partial charge in [-0.15, -0.1) is 9.79 Å². The summed E-state index contributed by atoms with van der Waals surface area (Å²) >= 11 is 0. The molecule has 0 aliphatic rings. The summed E-state index contributed by atoms with van der Waals surface area (Å²) in [6.07, 6.45) is -0.954. The van der Waals surface area contributed by atoms with Gasteiger partial charge in [0.15, 0.2) is 0 Å². The van der Waals surface area contributed by atoms with Crippen LogP contribution < -0.4 is 0 Å². The van der Waals surface area contributed by atoms with Gasteiger partial charge in [-0.1, -0.05) is 0 Å². The Morgan fingerprint density at radius 3 is 1.40 bits per heavy atom. The van der Waals surface area contributed by atoms with Crippen LogP contribution in [0.4, 0.5) is 0 Å². The Balaban J connectivity index is 0. The number of hydrogen-bond acceptors (Lipinski definition) is 4. The first kappa shape index (κ1) is 12.6. The highest BCUT2D eigenvalue weighted by Gasteiger charge is 1.93. The third-order valence-electron chi connectivity index (χ3n) is 0.421. The van der Waals surface area contributed by atoms with Gasteiger partial charge >= 0.3 is 8.25 Å². The summed E-state index contributed by atoms with van der Waals surface area (Å²) in [7, 11) is -2.87. The molecule has 0 rings (SSSR count). The van der Waals surface area contributed by atoms with Crippen molar-refractivity contribution in [2.24, 2.45) is 0 Å². The fourth-order valence-electron chi connectivity index (χ4n) is 0.0577. The Labute approximate surface area is 58.3 Å². The molecule has 0 fully saturated rings. The Kier molecular flexibility index (Phi) is 11.2. The first-order valence-electron chi connectivity index (χ1n) is 2.29. The van der Waals surface area contributed by atoms with Crippen molar-refractivity contribution in [1.29, 1.82) is 0 Å². The maximum atomic E-state index is 8.70. The second kappa shape index (κ2) is 8.90. The van der Waals surface area contributed by atoms with E-state index in [2.05, 4.69) is 0 Å². The first-order valence-corrected chi connectivity index (χ1v) is 3.45. The van der Waals surface area contributed by atoms with Crippen LogP contribution in [0.2, 0.25) is 0 Å². The van der Waals surface area contributed by atoms with Gasteiger partial charge in [0.05, 0.1) is 13.2 Å². The Hall–Kier alpha value is -0.100. The molecule has 0 aromatic heterocycles. The van der Waals surface area contributed by atoms with Gasteiger partial charge in [0.25, 0.3) is 0 Å². The predicted molar refractivity (Wildman–Crippen MR) is 32.2 cm³/mol. The molecule has 0 saturated heterocycles. The van der Waals surface area contributed by atoms with Crippen LogP contribution >= 0.6 is 8.25 Å². The zero-order valence-corrected chi connectivity index (χ0v) is 5.98. The van der Waals surface area contributed by atoms with E-state index in [4.69, 9.17) is 29.7 Å². The second-order valence-corrected chi connectivity index (χ2v) is 1.78. The lowest BCUT2D eigenvalue weighted by atomic mass is 10.4. The molecule has 0 amide bonds. The minimum atomic E-state index is -2.87. The smallest absolute Gasteiger partial charge is 0.394 e. The number of aliphatic hydroxyl groups is 3. The van der Waals surface area contributed by atoms with Gasteiger partial charge in [0.1, 0.15) is 6.10 Å². The Morgan fingerprint density at radius 1 is 1.20 bits per heavy atom.